The van der Waals surface area contributed by atoms with Crippen molar-refractivity contribution in [2.75, 3.05) is 39.5 Å². The van der Waals surface area contributed by atoms with E-state index in [1.165, 1.54) is 24.9 Å². The van der Waals surface area contributed by atoms with E-state index in [0.717, 1.165) is 18.9 Å². The quantitative estimate of drug-likeness (QED) is 0.858. The standard InChI is InChI=1S/C14H24N4/c1-15-14-12(6-4-8-16-14)10-18-9-5-7-13(18)11-17(2)3/h4,6,8,13H,5,7,9-11H2,1-3H3,(H,15,16). The summed E-state index contributed by atoms with van der Waals surface area (Å²) < 4.78 is 0. The average Bonchev–Trinajstić information content (AvgIpc) is 2.76. The minimum atomic E-state index is 0.685. The number of hydrogen-bond acceptors (Lipinski definition) is 4. The van der Waals surface area contributed by atoms with Gasteiger partial charge in [0.05, 0.1) is 0 Å². The van der Waals surface area contributed by atoms with Gasteiger partial charge >= 0.3 is 0 Å². The summed E-state index contributed by atoms with van der Waals surface area (Å²) in [6.45, 7) is 3.36. The smallest absolute Gasteiger partial charge is 0.130 e. The highest BCUT2D eigenvalue weighted by atomic mass is 15.2. The molecule has 2 heterocycles. The molecule has 1 aliphatic rings. The maximum Gasteiger partial charge on any atom is 0.130 e. The summed E-state index contributed by atoms with van der Waals surface area (Å²) in [5.41, 5.74) is 1.30. The molecule has 0 saturated carbocycles. The number of pyridine rings is 1. The summed E-state index contributed by atoms with van der Waals surface area (Å²) in [4.78, 5) is 9.24. The van der Waals surface area contributed by atoms with E-state index in [0.29, 0.717) is 6.04 Å². The van der Waals surface area contributed by atoms with Crippen LogP contribution in [0.3, 0.4) is 0 Å². The molecule has 1 aromatic rings. The van der Waals surface area contributed by atoms with E-state index >= 15 is 0 Å². The first-order chi connectivity index (χ1) is 8.70. The van der Waals surface area contributed by atoms with Crippen LogP contribution in [0.15, 0.2) is 18.3 Å². The summed E-state index contributed by atoms with van der Waals surface area (Å²) in [6.07, 6.45) is 4.47. The molecule has 1 atom stereocenters. The van der Waals surface area contributed by atoms with Gasteiger partial charge in [0, 0.05) is 37.9 Å². The highest BCUT2D eigenvalue weighted by molar-refractivity contribution is 5.42. The van der Waals surface area contributed by atoms with Crippen molar-refractivity contribution in [3.63, 3.8) is 0 Å². The minimum absolute atomic E-state index is 0.685. The van der Waals surface area contributed by atoms with E-state index in [9.17, 15) is 0 Å². The van der Waals surface area contributed by atoms with Crippen LogP contribution in [0.25, 0.3) is 0 Å². The Hall–Kier alpha value is -1.13. The van der Waals surface area contributed by atoms with Crippen molar-refractivity contribution in [3.05, 3.63) is 23.9 Å². The Bertz CT molecular complexity index is 378. The monoisotopic (exact) mass is 248 g/mol. The molecule has 18 heavy (non-hydrogen) atoms. The van der Waals surface area contributed by atoms with Crippen molar-refractivity contribution in [2.24, 2.45) is 0 Å². The van der Waals surface area contributed by atoms with Crippen molar-refractivity contribution in [1.29, 1.82) is 0 Å². The van der Waals surface area contributed by atoms with Crippen LogP contribution in [-0.2, 0) is 6.54 Å². The normalized spacial score (nSPS) is 20.6. The molecule has 1 saturated heterocycles. The Morgan fingerprint density at radius 1 is 1.50 bits per heavy atom. The maximum atomic E-state index is 4.38. The summed E-state index contributed by atoms with van der Waals surface area (Å²) in [5.74, 6) is 1.01. The van der Waals surface area contributed by atoms with Gasteiger partial charge in [-0.25, -0.2) is 4.98 Å². The molecule has 1 aliphatic heterocycles. The van der Waals surface area contributed by atoms with Gasteiger partial charge in [0.1, 0.15) is 5.82 Å². The zero-order chi connectivity index (χ0) is 13.0. The van der Waals surface area contributed by atoms with Gasteiger partial charge in [0.2, 0.25) is 0 Å². The fourth-order valence-electron chi connectivity index (χ4n) is 2.74. The molecule has 4 nitrogen and oxygen atoms in total. The molecule has 100 valence electrons. The zero-order valence-corrected chi connectivity index (χ0v) is 11.7. The van der Waals surface area contributed by atoms with Crippen molar-refractivity contribution in [1.82, 2.24) is 14.8 Å². The number of rotatable bonds is 5. The van der Waals surface area contributed by atoms with Gasteiger partial charge in [0.15, 0.2) is 0 Å². The molecular weight excluding hydrogens is 224 g/mol. The maximum absolute atomic E-state index is 4.38. The third-order valence-electron chi connectivity index (χ3n) is 3.58. The summed E-state index contributed by atoms with van der Waals surface area (Å²) in [7, 11) is 6.24. The Kier molecular flexibility index (Phi) is 4.55. The number of nitrogens with zero attached hydrogens (tertiary/aromatic N) is 3. The lowest BCUT2D eigenvalue weighted by atomic mass is 10.2. The fourth-order valence-corrected chi connectivity index (χ4v) is 2.74. The molecule has 1 N–H and O–H groups in total. The number of aromatic nitrogens is 1. The van der Waals surface area contributed by atoms with Gasteiger partial charge in [-0.05, 0) is 39.5 Å². The van der Waals surface area contributed by atoms with Crippen molar-refractivity contribution in [2.45, 2.75) is 25.4 Å². The van der Waals surface area contributed by atoms with Gasteiger partial charge in [-0.2, -0.15) is 0 Å². The molecule has 4 heteroatoms. The Morgan fingerprint density at radius 2 is 2.33 bits per heavy atom. The van der Waals surface area contributed by atoms with Crippen molar-refractivity contribution < 1.29 is 0 Å². The van der Waals surface area contributed by atoms with Gasteiger partial charge in [0.25, 0.3) is 0 Å². The lowest BCUT2D eigenvalue weighted by Gasteiger charge is -2.27. The Labute approximate surface area is 110 Å². The molecule has 2 rings (SSSR count). The SMILES string of the molecule is CNc1ncccc1CN1CCCC1CN(C)C. The first-order valence-corrected chi connectivity index (χ1v) is 6.71. The van der Waals surface area contributed by atoms with Crippen molar-refractivity contribution >= 4 is 5.82 Å². The van der Waals surface area contributed by atoms with Crippen molar-refractivity contribution in [3.8, 4) is 0 Å². The minimum Gasteiger partial charge on any atom is -0.373 e. The van der Waals surface area contributed by atoms with Crippen LogP contribution in [0.5, 0.6) is 0 Å². The number of likely N-dealkylation sites (tertiary alicyclic amines) is 1. The summed E-state index contributed by atoms with van der Waals surface area (Å²) >= 11 is 0. The zero-order valence-electron chi connectivity index (χ0n) is 11.7. The molecule has 1 aromatic heterocycles. The van der Waals surface area contributed by atoms with E-state index in [1.54, 1.807) is 0 Å². The van der Waals surface area contributed by atoms with Crippen LogP contribution < -0.4 is 5.32 Å². The van der Waals surface area contributed by atoms with Crippen LogP contribution >= 0.6 is 0 Å². The molecule has 1 unspecified atom stereocenters. The predicted octanol–water partition coefficient (Wildman–Crippen LogP) is 1.65. The first-order valence-electron chi connectivity index (χ1n) is 6.71. The van der Waals surface area contributed by atoms with Gasteiger partial charge in [-0.1, -0.05) is 6.07 Å². The molecule has 0 amide bonds. The number of anilines is 1. The third kappa shape index (κ3) is 3.21. The summed E-state index contributed by atoms with van der Waals surface area (Å²) in [5, 5.41) is 3.18. The molecule has 0 aromatic carbocycles. The van der Waals surface area contributed by atoms with E-state index < -0.39 is 0 Å². The molecule has 0 aliphatic carbocycles. The second-order valence-electron chi connectivity index (χ2n) is 5.29. The average molecular weight is 248 g/mol. The van der Waals surface area contributed by atoms with Crippen LogP contribution in [0, 0.1) is 0 Å². The molecule has 0 spiro atoms. The second-order valence-corrected chi connectivity index (χ2v) is 5.29. The second kappa shape index (κ2) is 6.16. The molecular formula is C14H24N4. The molecule has 1 fully saturated rings. The van der Waals surface area contributed by atoms with Gasteiger partial charge in [-0.15, -0.1) is 0 Å². The first kappa shape index (κ1) is 13.3. The van der Waals surface area contributed by atoms with Gasteiger partial charge < -0.3 is 10.2 Å². The summed E-state index contributed by atoms with van der Waals surface area (Å²) in [6, 6.07) is 4.88. The number of likely N-dealkylation sites (N-methyl/N-ethyl adjacent to an activating group) is 1. The highest BCUT2D eigenvalue weighted by Crippen LogP contribution is 2.22. The predicted molar refractivity (Wildman–Crippen MR) is 75.8 cm³/mol. The lowest BCUT2D eigenvalue weighted by molar-refractivity contribution is 0.201. The van der Waals surface area contributed by atoms with E-state index in [1.807, 2.05) is 19.3 Å². The van der Waals surface area contributed by atoms with Crippen LogP contribution in [0.2, 0.25) is 0 Å². The van der Waals surface area contributed by atoms with Crippen LogP contribution in [-0.4, -0.2) is 55.1 Å². The Morgan fingerprint density at radius 3 is 3.06 bits per heavy atom. The van der Waals surface area contributed by atoms with Crippen LogP contribution in [0.1, 0.15) is 18.4 Å². The molecule has 0 bridgehead atoms. The largest absolute Gasteiger partial charge is 0.373 e. The number of nitrogens with one attached hydrogen (secondary N) is 1. The van der Waals surface area contributed by atoms with Crippen LogP contribution in [0.4, 0.5) is 5.82 Å². The lowest BCUT2D eigenvalue weighted by Crippen LogP contribution is -2.37. The highest BCUT2D eigenvalue weighted by Gasteiger charge is 2.25. The number of hydrogen-bond donors (Lipinski definition) is 1. The van der Waals surface area contributed by atoms with E-state index in [-0.39, 0.29) is 0 Å². The Balaban J connectivity index is 2.03. The topological polar surface area (TPSA) is 31.4 Å². The van der Waals surface area contributed by atoms with Gasteiger partial charge in [-0.3, -0.25) is 4.90 Å². The molecule has 0 radical (unpaired) electrons. The van der Waals surface area contributed by atoms with E-state index in [2.05, 4.69) is 40.3 Å². The fraction of sp³-hybridized carbons (Fsp3) is 0.643. The third-order valence-corrected chi connectivity index (χ3v) is 3.58. The van der Waals surface area contributed by atoms with E-state index in [4.69, 9.17) is 0 Å².